The van der Waals surface area contributed by atoms with E-state index in [0.29, 0.717) is 0 Å². The summed E-state index contributed by atoms with van der Waals surface area (Å²) in [4.78, 5) is 14.2. The molecule has 8 heteroatoms. The second-order valence-corrected chi connectivity index (χ2v) is 11.5. The van der Waals surface area contributed by atoms with Gasteiger partial charge in [-0.25, -0.2) is 8.42 Å². The van der Waals surface area contributed by atoms with E-state index < -0.39 is 10.0 Å². The molecule has 0 saturated heterocycles. The zero-order valence-electron chi connectivity index (χ0n) is 18.8. The average molecular weight is 548 g/mol. The van der Waals surface area contributed by atoms with Crippen LogP contribution in [-0.4, -0.2) is 31.4 Å². The van der Waals surface area contributed by atoms with Crippen molar-refractivity contribution in [2.45, 2.75) is 36.2 Å². The van der Waals surface area contributed by atoms with Gasteiger partial charge in [-0.2, -0.15) is 4.31 Å². The molecule has 1 amide bonds. The van der Waals surface area contributed by atoms with Crippen molar-refractivity contribution in [3.05, 3.63) is 94.0 Å². The van der Waals surface area contributed by atoms with Crippen molar-refractivity contribution in [2.24, 2.45) is 0 Å². The first-order valence-corrected chi connectivity index (χ1v) is 13.9. The Labute approximate surface area is 208 Å². The van der Waals surface area contributed by atoms with Gasteiger partial charge in [-0.3, -0.25) is 4.79 Å². The van der Waals surface area contributed by atoms with E-state index in [0.717, 1.165) is 26.1 Å². The van der Waals surface area contributed by atoms with Crippen LogP contribution in [0.2, 0.25) is 0 Å². The van der Waals surface area contributed by atoms with Gasteiger partial charge in [-0.05, 0) is 67.6 Å². The Balaban J connectivity index is 1.81. The molecule has 0 radical (unpaired) electrons. The summed E-state index contributed by atoms with van der Waals surface area (Å²) >= 11 is 4.99. The van der Waals surface area contributed by atoms with Crippen LogP contribution >= 0.6 is 27.7 Å². The monoisotopic (exact) mass is 546 g/mol. The molecule has 0 aliphatic rings. The Hall–Kier alpha value is -2.13. The van der Waals surface area contributed by atoms with Gasteiger partial charge in [0.25, 0.3) is 0 Å². The van der Waals surface area contributed by atoms with Gasteiger partial charge in [0.1, 0.15) is 0 Å². The fraction of sp³-hybridized carbons (Fsp3) is 0.240. The lowest BCUT2D eigenvalue weighted by Gasteiger charge is -2.23. The zero-order valence-corrected chi connectivity index (χ0v) is 22.0. The zero-order chi connectivity index (χ0) is 24.0. The molecule has 0 unspecified atom stereocenters. The van der Waals surface area contributed by atoms with Crippen LogP contribution in [0.25, 0.3) is 0 Å². The molecule has 174 valence electrons. The van der Waals surface area contributed by atoms with Crippen molar-refractivity contribution < 1.29 is 13.2 Å². The lowest BCUT2D eigenvalue weighted by molar-refractivity contribution is -0.122. The van der Waals surface area contributed by atoms with Gasteiger partial charge in [0.15, 0.2) is 0 Å². The summed E-state index contributed by atoms with van der Waals surface area (Å²) in [5, 5.41) is 2.93. The van der Waals surface area contributed by atoms with Gasteiger partial charge in [0, 0.05) is 15.9 Å². The number of carbonyl (C=O) groups is 1. The van der Waals surface area contributed by atoms with E-state index in [1.807, 2.05) is 68.6 Å². The summed E-state index contributed by atoms with van der Waals surface area (Å²) in [5.74, 6) is -0.357. The molecule has 0 heterocycles. The molecule has 0 aliphatic carbocycles. The topological polar surface area (TPSA) is 66.5 Å². The third-order valence-corrected chi connectivity index (χ3v) is 8.32. The predicted molar refractivity (Wildman–Crippen MR) is 138 cm³/mol. The van der Waals surface area contributed by atoms with Crippen molar-refractivity contribution in [2.75, 3.05) is 12.8 Å². The maximum absolute atomic E-state index is 13.4. The number of hydrogen-bond donors (Lipinski definition) is 1. The van der Waals surface area contributed by atoms with E-state index in [4.69, 9.17) is 0 Å². The third-order valence-electron chi connectivity index (χ3n) is 5.24. The van der Waals surface area contributed by atoms with E-state index >= 15 is 0 Å². The quantitative estimate of drug-likeness (QED) is 0.357. The number of benzene rings is 3. The summed E-state index contributed by atoms with van der Waals surface area (Å²) in [6.07, 6.45) is 2.01. The van der Waals surface area contributed by atoms with E-state index in [1.165, 1.54) is 16.4 Å². The molecule has 1 N–H and O–H groups in total. The number of halogens is 1. The highest BCUT2D eigenvalue weighted by Crippen LogP contribution is 2.22. The van der Waals surface area contributed by atoms with Crippen LogP contribution in [0.5, 0.6) is 0 Å². The first-order valence-electron chi connectivity index (χ1n) is 10.4. The van der Waals surface area contributed by atoms with Gasteiger partial charge in [-0.1, -0.05) is 57.9 Å². The second-order valence-electron chi connectivity index (χ2n) is 7.77. The lowest BCUT2D eigenvalue weighted by Crippen LogP contribution is -2.41. The maximum atomic E-state index is 13.4. The van der Waals surface area contributed by atoms with Gasteiger partial charge >= 0.3 is 0 Å². The fourth-order valence-corrected chi connectivity index (χ4v) is 5.36. The first kappa shape index (κ1) is 25.5. The van der Waals surface area contributed by atoms with E-state index in [2.05, 4.69) is 21.2 Å². The second kappa shape index (κ2) is 11.3. The summed E-state index contributed by atoms with van der Waals surface area (Å²) in [5.41, 5.74) is 2.86. The molecule has 0 spiro atoms. The molecular formula is C25H27BrN2O3S2. The van der Waals surface area contributed by atoms with E-state index in [1.54, 1.807) is 23.9 Å². The molecule has 0 saturated carbocycles. The van der Waals surface area contributed by atoms with Crippen LogP contribution in [0.4, 0.5) is 0 Å². The van der Waals surface area contributed by atoms with E-state index in [-0.39, 0.29) is 29.9 Å². The molecular weight excluding hydrogens is 520 g/mol. The predicted octanol–water partition coefficient (Wildman–Crippen LogP) is 5.55. The number of aryl methyl sites for hydroxylation is 1. The van der Waals surface area contributed by atoms with Gasteiger partial charge < -0.3 is 5.32 Å². The van der Waals surface area contributed by atoms with Crippen molar-refractivity contribution in [3.8, 4) is 0 Å². The summed E-state index contributed by atoms with van der Waals surface area (Å²) in [6, 6.07) is 21.8. The summed E-state index contributed by atoms with van der Waals surface area (Å²) in [7, 11) is -3.88. The SMILES string of the molecule is CSc1ccc([C@H](C)NC(=O)CN(Cc2ccc(C)cc2)S(=O)(=O)c2ccc(Br)cc2)cc1. The molecule has 0 aliphatic heterocycles. The highest BCUT2D eigenvalue weighted by molar-refractivity contribution is 9.10. The highest BCUT2D eigenvalue weighted by Gasteiger charge is 2.27. The Morgan fingerprint density at radius 3 is 2.18 bits per heavy atom. The number of nitrogens with one attached hydrogen (secondary N) is 1. The van der Waals surface area contributed by atoms with Gasteiger partial charge in [0.2, 0.25) is 15.9 Å². The van der Waals surface area contributed by atoms with Crippen LogP contribution < -0.4 is 5.32 Å². The average Bonchev–Trinajstić information content (AvgIpc) is 2.80. The number of carbonyl (C=O) groups excluding carboxylic acids is 1. The van der Waals surface area contributed by atoms with Crippen LogP contribution in [0.1, 0.15) is 29.7 Å². The molecule has 5 nitrogen and oxygen atoms in total. The van der Waals surface area contributed by atoms with Crippen LogP contribution in [0, 0.1) is 6.92 Å². The molecule has 1 atom stereocenters. The number of thioether (sulfide) groups is 1. The molecule has 0 bridgehead atoms. The van der Waals surface area contributed by atoms with Crippen LogP contribution in [0.15, 0.2) is 87.1 Å². The molecule has 0 fully saturated rings. The molecule has 3 rings (SSSR count). The van der Waals surface area contributed by atoms with Crippen LogP contribution in [0.3, 0.4) is 0 Å². The molecule has 0 aromatic heterocycles. The third kappa shape index (κ3) is 6.93. The minimum atomic E-state index is -3.88. The number of amides is 1. The Morgan fingerprint density at radius 1 is 1.00 bits per heavy atom. The number of nitrogens with zero attached hydrogens (tertiary/aromatic N) is 1. The van der Waals surface area contributed by atoms with Crippen LogP contribution in [-0.2, 0) is 21.4 Å². The number of hydrogen-bond acceptors (Lipinski definition) is 4. The van der Waals surface area contributed by atoms with Crippen molar-refractivity contribution >= 4 is 43.6 Å². The Bertz CT molecular complexity index is 1180. The highest BCUT2D eigenvalue weighted by atomic mass is 79.9. The van der Waals surface area contributed by atoms with Gasteiger partial charge in [0.05, 0.1) is 17.5 Å². The number of sulfonamides is 1. The van der Waals surface area contributed by atoms with E-state index in [9.17, 15) is 13.2 Å². The fourth-order valence-electron chi connectivity index (χ4n) is 3.30. The standard InChI is InChI=1S/C25H27BrN2O3S2/c1-18-4-6-20(7-5-18)16-28(33(30,31)24-14-10-22(26)11-15-24)17-25(29)27-19(2)21-8-12-23(32-3)13-9-21/h4-15,19H,16-17H2,1-3H3,(H,27,29)/t19-/m0/s1. The van der Waals surface area contributed by atoms with Crippen molar-refractivity contribution in [1.82, 2.24) is 9.62 Å². The molecule has 3 aromatic carbocycles. The largest absolute Gasteiger partial charge is 0.348 e. The van der Waals surface area contributed by atoms with Gasteiger partial charge in [-0.15, -0.1) is 11.8 Å². The van der Waals surface area contributed by atoms with Crippen molar-refractivity contribution in [3.63, 3.8) is 0 Å². The maximum Gasteiger partial charge on any atom is 0.243 e. The summed E-state index contributed by atoms with van der Waals surface area (Å²) in [6.45, 7) is 3.68. The smallest absolute Gasteiger partial charge is 0.243 e. The van der Waals surface area contributed by atoms with Crippen molar-refractivity contribution in [1.29, 1.82) is 0 Å². The molecule has 3 aromatic rings. The first-order chi connectivity index (χ1) is 15.7. The Morgan fingerprint density at radius 2 is 1.61 bits per heavy atom. The normalized spacial score (nSPS) is 12.5. The molecule has 33 heavy (non-hydrogen) atoms. The Kier molecular flexibility index (Phi) is 8.75. The minimum absolute atomic E-state index is 0.100. The lowest BCUT2D eigenvalue weighted by atomic mass is 10.1. The minimum Gasteiger partial charge on any atom is -0.348 e. The summed E-state index contributed by atoms with van der Waals surface area (Å²) < 4.78 is 28.8. The number of rotatable bonds is 9.